The molecular weight excluding hydrogens is 492 g/mol. The van der Waals surface area contributed by atoms with Crippen LogP contribution in [-0.2, 0) is 19.0 Å². The summed E-state index contributed by atoms with van der Waals surface area (Å²) in [5.74, 6) is -0.439. The van der Waals surface area contributed by atoms with Gasteiger partial charge in [-0.25, -0.2) is 0 Å². The van der Waals surface area contributed by atoms with Crippen LogP contribution in [0.5, 0.6) is 0 Å². The number of allylic oxidation sites excluding steroid dienone is 2. The Morgan fingerprint density at radius 1 is 0.789 bits per heavy atom. The van der Waals surface area contributed by atoms with Gasteiger partial charge in [0.2, 0.25) is 0 Å². The van der Waals surface area contributed by atoms with Gasteiger partial charge in [-0.2, -0.15) is 0 Å². The van der Waals surface area contributed by atoms with Crippen molar-refractivity contribution in [1.82, 2.24) is 0 Å². The molecule has 1 aliphatic heterocycles. The molecule has 0 bridgehead atoms. The summed E-state index contributed by atoms with van der Waals surface area (Å²) in [6, 6.07) is 0. The summed E-state index contributed by atoms with van der Waals surface area (Å²) in [7, 11) is 0. The molecule has 0 aromatic carbocycles. The Labute approximate surface area is 229 Å². The third kappa shape index (κ3) is 15.5. The summed E-state index contributed by atoms with van der Waals surface area (Å²) in [6.07, 6.45) is 15.0. The Bertz CT molecular complexity index is 599. The van der Waals surface area contributed by atoms with Crippen LogP contribution < -0.4 is 0 Å². The maximum absolute atomic E-state index is 12.1. The van der Waals surface area contributed by atoms with Crippen molar-refractivity contribution >= 4 is 5.97 Å². The number of hydrogen-bond donors (Lipinski definition) is 5. The number of carbonyl (C=O) groups is 1. The van der Waals surface area contributed by atoms with Crippen molar-refractivity contribution in [3.8, 4) is 0 Å². The highest BCUT2D eigenvalue weighted by Crippen LogP contribution is 2.22. The molecule has 1 unspecified atom stereocenters. The van der Waals surface area contributed by atoms with Crippen molar-refractivity contribution in [2.45, 2.75) is 146 Å². The smallest absolute Gasteiger partial charge is 0.306 e. The van der Waals surface area contributed by atoms with Crippen molar-refractivity contribution in [3.05, 3.63) is 12.2 Å². The van der Waals surface area contributed by atoms with Crippen LogP contribution in [0.25, 0.3) is 0 Å². The van der Waals surface area contributed by atoms with E-state index >= 15 is 0 Å². The average molecular weight is 547 g/mol. The summed E-state index contributed by atoms with van der Waals surface area (Å²) >= 11 is 0. The first-order valence-corrected chi connectivity index (χ1v) is 14.8. The number of aliphatic hydroxyl groups is 5. The van der Waals surface area contributed by atoms with Crippen molar-refractivity contribution in [2.75, 3.05) is 19.8 Å². The molecule has 0 spiro atoms. The van der Waals surface area contributed by atoms with E-state index in [0.717, 1.165) is 32.1 Å². The molecule has 5 N–H and O–H groups in total. The van der Waals surface area contributed by atoms with Gasteiger partial charge in [0.25, 0.3) is 0 Å². The molecule has 1 heterocycles. The van der Waals surface area contributed by atoms with Gasteiger partial charge in [0.15, 0.2) is 6.29 Å². The van der Waals surface area contributed by atoms with Gasteiger partial charge >= 0.3 is 5.97 Å². The van der Waals surface area contributed by atoms with Crippen LogP contribution >= 0.6 is 0 Å². The summed E-state index contributed by atoms with van der Waals surface area (Å²) in [6.45, 7) is 0.939. The summed E-state index contributed by atoms with van der Waals surface area (Å²) < 4.78 is 15.8. The highest BCUT2D eigenvalue weighted by atomic mass is 16.7. The second kappa shape index (κ2) is 22.7. The highest BCUT2D eigenvalue weighted by Gasteiger charge is 2.44. The fourth-order valence-corrected chi connectivity index (χ4v) is 4.47. The lowest BCUT2D eigenvalue weighted by Gasteiger charge is -2.39. The Hall–Kier alpha value is -1.07. The van der Waals surface area contributed by atoms with E-state index in [-0.39, 0.29) is 13.0 Å². The predicted molar refractivity (Wildman–Crippen MR) is 145 cm³/mol. The summed E-state index contributed by atoms with van der Waals surface area (Å²) in [4.78, 5) is 12.1. The van der Waals surface area contributed by atoms with Crippen LogP contribution in [0.2, 0.25) is 0 Å². The molecular formula is C29H54O9. The Kier molecular flexibility index (Phi) is 20.9. The van der Waals surface area contributed by atoms with E-state index in [1.54, 1.807) is 0 Å². The van der Waals surface area contributed by atoms with Gasteiger partial charge in [0.05, 0.1) is 19.8 Å². The summed E-state index contributed by atoms with van der Waals surface area (Å²) in [5.41, 5.74) is 0. The van der Waals surface area contributed by atoms with E-state index in [9.17, 15) is 30.3 Å². The quantitative estimate of drug-likeness (QED) is 0.0738. The van der Waals surface area contributed by atoms with Gasteiger partial charge in [0.1, 0.15) is 30.5 Å². The zero-order valence-corrected chi connectivity index (χ0v) is 23.4. The van der Waals surface area contributed by atoms with Crippen LogP contribution in [0.15, 0.2) is 12.2 Å². The minimum Gasteiger partial charge on any atom is -0.457 e. The second-order valence-electron chi connectivity index (χ2n) is 10.4. The maximum Gasteiger partial charge on any atom is 0.306 e. The number of carbonyl (C=O) groups excluding carboxylic acids is 1. The molecule has 1 rings (SSSR count). The summed E-state index contributed by atoms with van der Waals surface area (Å²) in [5, 5.41) is 48.3. The lowest BCUT2D eigenvalue weighted by molar-refractivity contribution is -0.305. The zero-order valence-electron chi connectivity index (χ0n) is 23.4. The van der Waals surface area contributed by atoms with E-state index in [0.29, 0.717) is 6.42 Å². The highest BCUT2D eigenvalue weighted by molar-refractivity contribution is 5.69. The third-order valence-corrected chi connectivity index (χ3v) is 6.94. The minimum absolute atomic E-state index is 0.245. The monoisotopic (exact) mass is 546 g/mol. The largest absolute Gasteiger partial charge is 0.457 e. The zero-order chi connectivity index (χ0) is 28.0. The first kappa shape index (κ1) is 35.0. The van der Waals surface area contributed by atoms with Gasteiger partial charge in [-0.05, 0) is 32.1 Å². The Morgan fingerprint density at radius 2 is 1.34 bits per heavy atom. The normalized spacial score (nSPS) is 24.6. The predicted octanol–water partition coefficient (Wildman–Crippen LogP) is 3.52. The van der Waals surface area contributed by atoms with Gasteiger partial charge in [-0.15, -0.1) is 0 Å². The molecule has 0 saturated carbocycles. The van der Waals surface area contributed by atoms with Gasteiger partial charge in [0, 0.05) is 6.42 Å². The molecule has 0 aromatic heterocycles. The van der Waals surface area contributed by atoms with Crippen molar-refractivity contribution < 1.29 is 44.5 Å². The van der Waals surface area contributed by atoms with Crippen LogP contribution in [0, 0.1) is 0 Å². The molecule has 1 aliphatic rings. The topological polar surface area (TPSA) is 146 Å². The van der Waals surface area contributed by atoms with E-state index < -0.39 is 56.0 Å². The van der Waals surface area contributed by atoms with Crippen LogP contribution in [0.3, 0.4) is 0 Å². The van der Waals surface area contributed by atoms with E-state index in [1.165, 1.54) is 57.8 Å². The lowest BCUT2D eigenvalue weighted by atomic mass is 9.99. The van der Waals surface area contributed by atoms with Gasteiger partial charge in [-0.1, -0.05) is 83.3 Å². The maximum atomic E-state index is 12.1. The number of hydrogen-bond acceptors (Lipinski definition) is 9. The molecule has 1 fully saturated rings. The molecule has 224 valence electrons. The second-order valence-corrected chi connectivity index (χ2v) is 10.4. The standard InChI is InChI=1S/C29H54O9/c1-2-3-4-5-6-7-8-9-10-11-12-13-14-15-16-17-18-19-25(32)37-23(20-30)22-36-29-28(35)27(34)26(33)24(21-31)38-29/h11-12,23-24,26-31,33-35H,2-10,13-22H2,1H3/b12-11-/t23?,24-,26-,27-,28-,29-/m1/s1. The molecule has 6 atom stereocenters. The van der Waals surface area contributed by atoms with Crippen LogP contribution in [-0.4, -0.2) is 88.1 Å². The fraction of sp³-hybridized carbons (Fsp3) is 0.897. The first-order valence-electron chi connectivity index (χ1n) is 14.8. The molecule has 1 saturated heterocycles. The molecule has 38 heavy (non-hydrogen) atoms. The van der Waals surface area contributed by atoms with E-state index in [4.69, 9.17) is 14.2 Å². The Morgan fingerprint density at radius 3 is 1.89 bits per heavy atom. The molecule has 0 amide bonds. The van der Waals surface area contributed by atoms with Gasteiger partial charge < -0.3 is 39.7 Å². The number of aliphatic hydroxyl groups excluding tert-OH is 5. The number of rotatable bonds is 23. The third-order valence-electron chi connectivity index (χ3n) is 6.94. The van der Waals surface area contributed by atoms with Crippen molar-refractivity contribution in [2.24, 2.45) is 0 Å². The molecule has 0 aromatic rings. The minimum atomic E-state index is -1.56. The number of unbranched alkanes of at least 4 members (excludes halogenated alkanes) is 13. The number of ether oxygens (including phenoxy) is 3. The first-order chi connectivity index (χ1) is 18.4. The van der Waals surface area contributed by atoms with Gasteiger partial charge in [-0.3, -0.25) is 4.79 Å². The molecule has 0 aliphatic carbocycles. The lowest BCUT2D eigenvalue weighted by Crippen LogP contribution is -2.59. The average Bonchev–Trinajstić information content (AvgIpc) is 2.92. The fourth-order valence-electron chi connectivity index (χ4n) is 4.47. The van der Waals surface area contributed by atoms with Crippen molar-refractivity contribution in [1.29, 1.82) is 0 Å². The van der Waals surface area contributed by atoms with Crippen LogP contribution in [0.4, 0.5) is 0 Å². The molecule has 9 heteroatoms. The molecule has 9 nitrogen and oxygen atoms in total. The number of esters is 1. The van der Waals surface area contributed by atoms with Crippen LogP contribution in [0.1, 0.15) is 110 Å². The van der Waals surface area contributed by atoms with Crippen molar-refractivity contribution in [3.63, 3.8) is 0 Å². The Balaban J connectivity index is 2.02. The molecule has 0 radical (unpaired) electrons. The van der Waals surface area contributed by atoms with E-state index in [2.05, 4.69) is 19.1 Å². The SMILES string of the molecule is CCCCCCCCCC/C=C\CCCCCCCC(=O)OC(CO)CO[C@@H]1O[C@H](CO)[C@@H](O)[C@@H](O)[C@H]1O. The van der Waals surface area contributed by atoms with E-state index in [1.807, 2.05) is 0 Å².